The van der Waals surface area contributed by atoms with Crippen molar-refractivity contribution in [3.63, 3.8) is 0 Å². The molecule has 0 spiro atoms. The number of carbonyl (C=O) groups is 2. The maximum atomic E-state index is 11.6. The van der Waals surface area contributed by atoms with Gasteiger partial charge in [0.2, 0.25) is 0 Å². The Balaban J connectivity index is 1.79. The quantitative estimate of drug-likeness (QED) is 0.270. The number of esters is 2. The highest BCUT2D eigenvalue weighted by Gasteiger charge is 2.15. The molecule has 0 saturated carbocycles. The molecule has 1 rings (SSSR count). The Morgan fingerprint density at radius 1 is 0.677 bits per heavy atom. The van der Waals surface area contributed by atoms with Gasteiger partial charge in [-0.1, -0.05) is 30.3 Å². The first-order valence-corrected chi connectivity index (χ1v) is 10.6. The zero-order valence-electron chi connectivity index (χ0n) is 18.9. The third-order valence-corrected chi connectivity index (χ3v) is 3.68. The van der Waals surface area contributed by atoms with Gasteiger partial charge in [-0.25, -0.2) is 0 Å². The largest absolute Gasteiger partial charge is 0.461 e. The van der Waals surface area contributed by atoms with Crippen molar-refractivity contribution in [3.05, 3.63) is 35.9 Å². The minimum absolute atomic E-state index is 0.212. The first-order valence-electron chi connectivity index (χ1n) is 10.6. The Morgan fingerprint density at radius 3 is 1.61 bits per heavy atom. The lowest BCUT2D eigenvalue weighted by molar-refractivity contribution is -0.156. The second-order valence-electron chi connectivity index (χ2n) is 7.68. The van der Waals surface area contributed by atoms with Gasteiger partial charge in [-0.15, -0.1) is 0 Å². The van der Waals surface area contributed by atoms with E-state index in [0.717, 1.165) is 5.56 Å². The van der Waals surface area contributed by atoms with Gasteiger partial charge in [0.1, 0.15) is 12.2 Å². The summed E-state index contributed by atoms with van der Waals surface area (Å²) in [5, 5.41) is 0. The van der Waals surface area contributed by atoms with Crippen LogP contribution in [-0.4, -0.2) is 70.4 Å². The van der Waals surface area contributed by atoms with E-state index in [2.05, 4.69) is 0 Å². The second kappa shape index (κ2) is 16.7. The van der Waals surface area contributed by atoms with E-state index in [4.69, 9.17) is 28.4 Å². The van der Waals surface area contributed by atoms with Crippen LogP contribution in [0.25, 0.3) is 0 Å². The molecule has 0 aliphatic carbocycles. The summed E-state index contributed by atoms with van der Waals surface area (Å²) >= 11 is 0. The van der Waals surface area contributed by atoms with Crippen molar-refractivity contribution < 1.29 is 38.0 Å². The van der Waals surface area contributed by atoms with Gasteiger partial charge >= 0.3 is 11.9 Å². The molecular weight excluding hydrogens is 404 g/mol. The fourth-order valence-electron chi connectivity index (χ4n) is 2.28. The van der Waals surface area contributed by atoms with Gasteiger partial charge in [0.05, 0.1) is 65.7 Å². The Morgan fingerprint density at radius 2 is 1.13 bits per heavy atom. The molecule has 1 aromatic rings. The molecule has 0 aliphatic heterocycles. The van der Waals surface area contributed by atoms with Crippen LogP contribution in [0.15, 0.2) is 30.3 Å². The fraction of sp³-hybridized carbons (Fsp3) is 0.652. The van der Waals surface area contributed by atoms with Crippen molar-refractivity contribution in [2.24, 2.45) is 0 Å². The monoisotopic (exact) mass is 440 g/mol. The van der Waals surface area contributed by atoms with Gasteiger partial charge in [0.25, 0.3) is 0 Å². The SMILES string of the molecule is CC(C)(C)OC(=O)CCOCCOCCOCCOCCC(=O)OCc1ccccc1. The fourth-order valence-corrected chi connectivity index (χ4v) is 2.28. The third kappa shape index (κ3) is 17.4. The van der Waals surface area contributed by atoms with E-state index in [1.165, 1.54) is 0 Å². The van der Waals surface area contributed by atoms with Crippen LogP contribution in [0, 0.1) is 0 Å². The molecule has 1 aromatic carbocycles. The highest BCUT2D eigenvalue weighted by molar-refractivity contribution is 5.70. The van der Waals surface area contributed by atoms with E-state index >= 15 is 0 Å². The maximum absolute atomic E-state index is 11.6. The molecule has 8 heteroatoms. The molecule has 0 fully saturated rings. The molecule has 0 bridgehead atoms. The number of hydrogen-bond donors (Lipinski definition) is 0. The molecule has 8 nitrogen and oxygen atoms in total. The van der Waals surface area contributed by atoms with Gasteiger partial charge in [0.15, 0.2) is 0 Å². The van der Waals surface area contributed by atoms with E-state index in [-0.39, 0.29) is 31.4 Å². The van der Waals surface area contributed by atoms with Gasteiger partial charge in [-0.3, -0.25) is 9.59 Å². The Hall–Kier alpha value is -2.00. The Bertz CT molecular complexity index is 597. The molecule has 0 saturated heterocycles. The molecule has 0 aromatic heterocycles. The summed E-state index contributed by atoms with van der Waals surface area (Å²) in [7, 11) is 0. The van der Waals surface area contributed by atoms with Gasteiger partial charge in [-0.2, -0.15) is 0 Å². The van der Waals surface area contributed by atoms with Crippen molar-refractivity contribution in [2.45, 2.75) is 45.8 Å². The highest BCUT2D eigenvalue weighted by atomic mass is 16.6. The van der Waals surface area contributed by atoms with Crippen molar-refractivity contribution in [1.82, 2.24) is 0 Å². The average Bonchev–Trinajstić information content (AvgIpc) is 2.72. The summed E-state index contributed by atoms with van der Waals surface area (Å²) < 4.78 is 31.8. The number of hydrogen-bond acceptors (Lipinski definition) is 8. The van der Waals surface area contributed by atoms with Gasteiger partial charge < -0.3 is 28.4 Å². The molecule has 31 heavy (non-hydrogen) atoms. The molecule has 0 atom stereocenters. The summed E-state index contributed by atoms with van der Waals surface area (Å²) in [4.78, 5) is 23.1. The molecule has 0 unspecified atom stereocenters. The summed E-state index contributed by atoms with van der Waals surface area (Å²) in [6.07, 6.45) is 0.439. The van der Waals surface area contributed by atoms with Crippen LogP contribution in [0.2, 0.25) is 0 Å². The van der Waals surface area contributed by atoms with Crippen LogP contribution < -0.4 is 0 Å². The lowest BCUT2D eigenvalue weighted by Gasteiger charge is -2.19. The summed E-state index contributed by atoms with van der Waals surface area (Å²) in [6, 6.07) is 9.54. The summed E-state index contributed by atoms with van der Waals surface area (Å²) in [5.41, 5.74) is 0.485. The molecule has 0 N–H and O–H groups in total. The van der Waals surface area contributed by atoms with Gasteiger partial charge in [-0.05, 0) is 26.3 Å². The van der Waals surface area contributed by atoms with Crippen molar-refractivity contribution >= 4 is 11.9 Å². The first-order chi connectivity index (χ1) is 14.9. The zero-order valence-corrected chi connectivity index (χ0v) is 18.9. The predicted octanol–water partition coefficient (Wildman–Crippen LogP) is 2.92. The molecule has 0 radical (unpaired) electrons. The van der Waals surface area contributed by atoms with E-state index in [0.29, 0.717) is 52.9 Å². The predicted molar refractivity (Wildman–Crippen MR) is 115 cm³/mol. The second-order valence-corrected chi connectivity index (χ2v) is 7.68. The number of benzene rings is 1. The molecule has 176 valence electrons. The van der Waals surface area contributed by atoms with Crippen LogP contribution in [0.4, 0.5) is 0 Å². The average molecular weight is 441 g/mol. The lowest BCUT2D eigenvalue weighted by atomic mass is 10.2. The van der Waals surface area contributed by atoms with Crippen LogP contribution in [-0.2, 0) is 44.6 Å². The van der Waals surface area contributed by atoms with Crippen molar-refractivity contribution in [3.8, 4) is 0 Å². The molecular formula is C23H36O8. The third-order valence-electron chi connectivity index (χ3n) is 3.68. The molecule has 0 amide bonds. The van der Waals surface area contributed by atoms with E-state index in [1.54, 1.807) is 0 Å². The zero-order chi connectivity index (χ0) is 22.8. The Labute approximate surface area is 185 Å². The van der Waals surface area contributed by atoms with E-state index < -0.39 is 5.60 Å². The standard InChI is InChI=1S/C23H36O8/c1-23(2,3)31-22(25)10-12-27-14-16-29-18-17-28-15-13-26-11-9-21(24)30-19-20-7-5-4-6-8-20/h4-8H,9-19H2,1-3H3. The lowest BCUT2D eigenvalue weighted by Crippen LogP contribution is -2.24. The van der Waals surface area contributed by atoms with Crippen LogP contribution in [0.3, 0.4) is 0 Å². The Kier molecular flexibility index (Phi) is 14.5. The summed E-state index contributed by atoms with van der Waals surface area (Å²) in [5.74, 6) is -0.556. The minimum atomic E-state index is -0.473. The number of rotatable bonds is 17. The molecule has 0 heterocycles. The van der Waals surface area contributed by atoms with Crippen molar-refractivity contribution in [1.29, 1.82) is 0 Å². The maximum Gasteiger partial charge on any atom is 0.308 e. The normalized spacial score (nSPS) is 11.3. The van der Waals surface area contributed by atoms with Crippen LogP contribution in [0.1, 0.15) is 39.2 Å². The number of ether oxygens (including phenoxy) is 6. The van der Waals surface area contributed by atoms with Crippen LogP contribution in [0.5, 0.6) is 0 Å². The number of carbonyl (C=O) groups excluding carboxylic acids is 2. The van der Waals surface area contributed by atoms with Crippen LogP contribution >= 0.6 is 0 Å². The molecule has 0 aliphatic rings. The highest BCUT2D eigenvalue weighted by Crippen LogP contribution is 2.08. The van der Waals surface area contributed by atoms with Gasteiger partial charge in [0, 0.05) is 0 Å². The van der Waals surface area contributed by atoms with E-state index in [1.807, 2.05) is 51.1 Å². The minimum Gasteiger partial charge on any atom is -0.461 e. The summed E-state index contributed by atoms with van der Waals surface area (Å²) in [6.45, 7) is 8.94. The van der Waals surface area contributed by atoms with Crippen molar-refractivity contribution in [2.75, 3.05) is 52.9 Å². The smallest absolute Gasteiger partial charge is 0.308 e. The topological polar surface area (TPSA) is 89.5 Å². The van der Waals surface area contributed by atoms with E-state index in [9.17, 15) is 9.59 Å². The first kappa shape index (κ1) is 27.0.